The summed E-state index contributed by atoms with van der Waals surface area (Å²) >= 11 is 1.71. The second-order valence-electron chi connectivity index (χ2n) is 5.83. The molecule has 0 aliphatic carbocycles. The highest BCUT2D eigenvalue weighted by molar-refractivity contribution is 7.07. The van der Waals surface area contributed by atoms with E-state index >= 15 is 0 Å². The topological polar surface area (TPSA) is 72.8 Å². The van der Waals surface area contributed by atoms with Gasteiger partial charge in [0.05, 0.1) is 5.56 Å². The summed E-state index contributed by atoms with van der Waals surface area (Å²) in [5.41, 5.74) is 1.45. The average molecular weight is 332 g/mol. The molecule has 2 aromatic rings. The van der Waals surface area contributed by atoms with Crippen LogP contribution in [0, 0.1) is 0 Å². The van der Waals surface area contributed by atoms with Crippen LogP contribution in [0.15, 0.2) is 35.0 Å². The summed E-state index contributed by atoms with van der Waals surface area (Å²) in [4.78, 5) is 14.6. The van der Waals surface area contributed by atoms with Gasteiger partial charge in [-0.1, -0.05) is 6.07 Å². The maximum absolute atomic E-state index is 12.2. The third-order valence-corrected chi connectivity index (χ3v) is 4.90. The van der Waals surface area contributed by atoms with E-state index in [1.54, 1.807) is 17.4 Å². The molecular formula is C17H20N2O3S. The van der Waals surface area contributed by atoms with E-state index in [1.165, 1.54) is 17.7 Å². The Kier molecular flexibility index (Phi) is 4.83. The van der Waals surface area contributed by atoms with E-state index in [9.17, 15) is 15.0 Å². The van der Waals surface area contributed by atoms with Crippen molar-refractivity contribution in [1.29, 1.82) is 0 Å². The van der Waals surface area contributed by atoms with Gasteiger partial charge in [-0.15, -0.1) is 0 Å². The van der Waals surface area contributed by atoms with Crippen LogP contribution < -0.4 is 5.32 Å². The Balaban J connectivity index is 1.52. The Morgan fingerprint density at radius 1 is 1.26 bits per heavy atom. The number of likely N-dealkylation sites (tertiary alicyclic amines) is 1. The van der Waals surface area contributed by atoms with E-state index in [0.717, 1.165) is 32.5 Å². The lowest BCUT2D eigenvalue weighted by Crippen LogP contribution is -2.44. The number of nitrogens with zero attached hydrogens (tertiary/aromatic N) is 1. The highest BCUT2D eigenvalue weighted by atomic mass is 32.1. The van der Waals surface area contributed by atoms with Gasteiger partial charge in [-0.3, -0.25) is 9.69 Å². The maximum Gasteiger partial charge on any atom is 0.255 e. The minimum absolute atomic E-state index is 0.1000. The van der Waals surface area contributed by atoms with Crippen molar-refractivity contribution in [1.82, 2.24) is 10.2 Å². The van der Waals surface area contributed by atoms with Crippen molar-refractivity contribution in [3.8, 4) is 11.5 Å². The van der Waals surface area contributed by atoms with Crippen LogP contribution in [-0.4, -0.2) is 40.2 Å². The van der Waals surface area contributed by atoms with Crippen molar-refractivity contribution in [2.75, 3.05) is 13.1 Å². The lowest BCUT2D eigenvalue weighted by Gasteiger charge is -2.32. The Hall–Kier alpha value is -2.05. The minimum Gasteiger partial charge on any atom is -0.504 e. The molecule has 0 bridgehead atoms. The number of piperidine rings is 1. The molecule has 0 unspecified atom stereocenters. The van der Waals surface area contributed by atoms with Gasteiger partial charge in [0.2, 0.25) is 0 Å². The van der Waals surface area contributed by atoms with Crippen LogP contribution in [0.1, 0.15) is 28.8 Å². The highest BCUT2D eigenvalue weighted by Gasteiger charge is 2.22. The second-order valence-corrected chi connectivity index (χ2v) is 6.61. The fourth-order valence-corrected chi connectivity index (χ4v) is 3.51. The molecule has 1 aromatic heterocycles. The van der Waals surface area contributed by atoms with Gasteiger partial charge in [0.15, 0.2) is 11.5 Å². The van der Waals surface area contributed by atoms with Crippen LogP contribution in [0.25, 0.3) is 0 Å². The number of hydrogen-bond donors (Lipinski definition) is 3. The van der Waals surface area contributed by atoms with E-state index in [4.69, 9.17) is 0 Å². The first kappa shape index (κ1) is 15.8. The summed E-state index contributed by atoms with van der Waals surface area (Å²) < 4.78 is 0. The predicted molar refractivity (Wildman–Crippen MR) is 89.9 cm³/mol. The normalized spacial score (nSPS) is 16.3. The molecule has 1 aromatic carbocycles. The van der Waals surface area contributed by atoms with Crippen molar-refractivity contribution in [3.05, 3.63) is 46.2 Å². The van der Waals surface area contributed by atoms with Gasteiger partial charge in [-0.2, -0.15) is 11.3 Å². The minimum atomic E-state index is -0.361. The number of thiophene rings is 1. The summed E-state index contributed by atoms with van der Waals surface area (Å²) in [6, 6.07) is 6.66. The van der Waals surface area contributed by atoms with Crippen LogP contribution >= 0.6 is 11.3 Å². The van der Waals surface area contributed by atoms with Crippen molar-refractivity contribution in [2.24, 2.45) is 0 Å². The highest BCUT2D eigenvalue weighted by Crippen LogP contribution is 2.28. The third kappa shape index (κ3) is 3.83. The van der Waals surface area contributed by atoms with Crippen LogP contribution in [0.3, 0.4) is 0 Å². The number of hydrogen-bond acceptors (Lipinski definition) is 5. The molecule has 122 valence electrons. The fourth-order valence-electron chi connectivity index (χ4n) is 2.85. The molecule has 0 saturated carbocycles. The van der Waals surface area contributed by atoms with Crippen LogP contribution in [0.5, 0.6) is 11.5 Å². The average Bonchev–Trinajstić information content (AvgIpc) is 3.05. The van der Waals surface area contributed by atoms with Gasteiger partial charge in [-0.05, 0) is 47.4 Å². The zero-order valence-electron chi connectivity index (χ0n) is 12.7. The molecule has 1 fully saturated rings. The Morgan fingerprint density at radius 2 is 2.04 bits per heavy atom. The molecule has 3 rings (SSSR count). The zero-order chi connectivity index (χ0) is 16.2. The molecule has 0 spiro atoms. The van der Waals surface area contributed by atoms with E-state index < -0.39 is 0 Å². The van der Waals surface area contributed by atoms with Crippen molar-refractivity contribution < 1.29 is 15.0 Å². The molecule has 6 heteroatoms. The number of para-hydroxylation sites is 1. The zero-order valence-corrected chi connectivity index (χ0v) is 13.6. The van der Waals surface area contributed by atoms with E-state index in [-0.39, 0.29) is 29.0 Å². The number of phenolic OH excluding ortho intramolecular Hbond substituents is 2. The van der Waals surface area contributed by atoms with Crippen molar-refractivity contribution in [3.63, 3.8) is 0 Å². The molecule has 1 aliphatic rings. The lowest BCUT2D eigenvalue weighted by molar-refractivity contribution is 0.0905. The number of nitrogens with one attached hydrogen (secondary N) is 1. The summed E-state index contributed by atoms with van der Waals surface area (Å²) in [5, 5.41) is 26.4. The Labute approximate surface area is 139 Å². The SMILES string of the molecule is O=C(NC1CCN(Cc2ccsc2)CC1)c1cccc(O)c1O. The summed E-state index contributed by atoms with van der Waals surface area (Å²) in [6.45, 7) is 2.83. The van der Waals surface area contributed by atoms with E-state index in [2.05, 4.69) is 27.0 Å². The van der Waals surface area contributed by atoms with E-state index in [1.807, 2.05) is 0 Å². The molecule has 1 aliphatic heterocycles. The number of phenols is 2. The predicted octanol–water partition coefficient (Wildman–Crippen LogP) is 2.55. The molecule has 5 nitrogen and oxygen atoms in total. The molecule has 1 amide bonds. The number of amides is 1. The van der Waals surface area contributed by atoms with Crippen LogP contribution in [0.2, 0.25) is 0 Å². The van der Waals surface area contributed by atoms with Crippen LogP contribution in [-0.2, 0) is 6.54 Å². The summed E-state index contributed by atoms with van der Waals surface area (Å²) in [7, 11) is 0. The largest absolute Gasteiger partial charge is 0.504 e. The number of benzene rings is 1. The third-order valence-electron chi connectivity index (χ3n) is 4.17. The molecule has 0 atom stereocenters. The first-order valence-electron chi connectivity index (χ1n) is 7.68. The van der Waals surface area contributed by atoms with Crippen LogP contribution in [0.4, 0.5) is 0 Å². The van der Waals surface area contributed by atoms with E-state index in [0.29, 0.717) is 0 Å². The standard InChI is InChI=1S/C17H20N2O3S/c20-15-3-1-2-14(16(15)21)17(22)18-13-4-7-19(8-5-13)10-12-6-9-23-11-12/h1-3,6,9,11,13,20-21H,4-5,7-8,10H2,(H,18,22). The summed E-state index contributed by atoms with van der Waals surface area (Å²) in [5.74, 6) is -0.974. The van der Waals surface area contributed by atoms with Gasteiger partial charge in [0.1, 0.15) is 0 Å². The van der Waals surface area contributed by atoms with Gasteiger partial charge >= 0.3 is 0 Å². The lowest BCUT2D eigenvalue weighted by atomic mass is 10.0. The quantitative estimate of drug-likeness (QED) is 0.753. The molecule has 1 saturated heterocycles. The number of carbonyl (C=O) groups excluding carboxylic acids is 1. The Morgan fingerprint density at radius 3 is 2.74 bits per heavy atom. The Bertz CT molecular complexity index is 664. The maximum atomic E-state index is 12.2. The summed E-state index contributed by atoms with van der Waals surface area (Å²) in [6.07, 6.45) is 1.77. The number of carbonyl (C=O) groups is 1. The smallest absolute Gasteiger partial charge is 0.255 e. The molecule has 3 N–H and O–H groups in total. The van der Waals surface area contributed by atoms with Gasteiger partial charge in [-0.25, -0.2) is 0 Å². The molecule has 23 heavy (non-hydrogen) atoms. The van der Waals surface area contributed by atoms with Crippen molar-refractivity contribution >= 4 is 17.2 Å². The van der Waals surface area contributed by atoms with Gasteiger partial charge in [0.25, 0.3) is 5.91 Å². The first-order valence-corrected chi connectivity index (χ1v) is 8.63. The molecule has 2 heterocycles. The monoisotopic (exact) mass is 332 g/mol. The fraction of sp³-hybridized carbons (Fsp3) is 0.353. The van der Waals surface area contributed by atoms with Gasteiger partial charge in [0, 0.05) is 25.7 Å². The molecule has 0 radical (unpaired) electrons. The second kappa shape index (κ2) is 7.02. The first-order chi connectivity index (χ1) is 11.1. The number of aromatic hydroxyl groups is 2. The number of rotatable bonds is 4. The van der Waals surface area contributed by atoms with Gasteiger partial charge < -0.3 is 15.5 Å². The molecular weight excluding hydrogens is 312 g/mol. The van der Waals surface area contributed by atoms with Crippen molar-refractivity contribution in [2.45, 2.75) is 25.4 Å².